The van der Waals surface area contributed by atoms with Gasteiger partial charge in [-0.3, -0.25) is 0 Å². The lowest BCUT2D eigenvalue weighted by Gasteiger charge is -2.36. The van der Waals surface area contributed by atoms with E-state index in [0.717, 1.165) is 32.1 Å². The van der Waals surface area contributed by atoms with Gasteiger partial charge in [0.2, 0.25) is 5.95 Å². The molecule has 3 rings (SSSR count). The molecule has 2 aromatic rings. The number of guanidine groups is 1. The summed E-state index contributed by atoms with van der Waals surface area (Å²) in [5.41, 5.74) is 0.605. The lowest BCUT2D eigenvalue weighted by molar-refractivity contribution is -0.153. The van der Waals surface area contributed by atoms with Crippen LogP contribution in [0.25, 0.3) is 0 Å². The normalized spacial score (nSPS) is 15.3. The van der Waals surface area contributed by atoms with E-state index in [1.165, 1.54) is 6.07 Å². The predicted molar refractivity (Wildman–Crippen MR) is 109 cm³/mol. The van der Waals surface area contributed by atoms with Gasteiger partial charge >= 0.3 is 6.18 Å². The fraction of sp³-hybridized carbons (Fsp3) is 0.450. The van der Waals surface area contributed by atoms with Crippen LogP contribution >= 0.6 is 0 Å². The van der Waals surface area contributed by atoms with Gasteiger partial charge < -0.3 is 19.9 Å². The number of ether oxygens (including phenoxy) is 1. The van der Waals surface area contributed by atoms with Crippen LogP contribution in [0.15, 0.2) is 47.7 Å². The molecule has 1 aliphatic rings. The Morgan fingerprint density at radius 3 is 2.47 bits per heavy atom. The molecule has 0 saturated carbocycles. The third kappa shape index (κ3) is 6.23. The van der Waals surface area contributed by atoms with Gasteiger partial charge in [-0.2, -0.15) is 13.2 Å². The lowest BCUT2D eigenvalue weighted by atomic mass is 10.2. The Balaban J connectivity index is 1.64. The van der Waals surface area contributed by atoms with Crippen LogP contribution in [-0.4, -0.2) is 66.3 Å². The van der Waals surface area contributed by atoms with E-state index in [-0.39, 0.29) is 12.3 Å². The number of hydrogen-bond acceptors (Lipinski definition) is 5. The fourth-order valence-corrected chi connectivity index (χ4v) is 3.09. The predicted octanol–water partition coefficient (Wildman–Crippen LogP) is 2.71. The van der Waals surface area contributed by atoms with E-state index in [1.54, 1.807) is 36.7 Å². The number of hydrogen-bond donors (Lipinski definition) is 1. The molecular formula is C20H25F3N6O. The highest BCUT2D eigenvalue weighted by atomic mass is 19.4. The summed E-state index contributed by atoms with van der Waals surface area (Å²) in [6.45, 7) is 4.53. The molecule has 1 aromatic heterocycles. The second kappa shape index (κ2) is 10.1. The van der Waals surface area contributed by atoms with Gasteiger partial charge in [-0.15, -0.1) is 0 Å². The number of benzene rings is 1. The van der Waals surface area contributed by atoms with E-state index in [4.69, 9.17) is 4.74 Å². The van der Waals surface area contributed by atoms with Gasteiger partial charge in [0.1, 0.15) is 5.75 Å². The van der Waals surface area contributed by atoms with Crippen LogP contribution in [0.5, 0.6) is 5.75 Å². The van der Waals surface area contributed by atoms with E-state index in [9.17, 15) is 13.2 Å². The Hall–Kier alpha value is -3.04. The van der Waals surface area contributed by atoms with Gasteiger partial charge in [0, 0.05) is 50.7 Å². The zero-order valence-corrected chi connectivity index (χ0v) is 16.8. The number of para-hydroxylation sites is 1. The Bertz CT molecular complexity index is 823. The van der Waals surface area contributed by atoms with Crippen molar-refractivity contribution in [3.05, 3.63) is 48.3 Å². The van der Waals surface area contributed by atoms with Crippen molar-refractivity contribution in [1.82, 2.24) is 20.2 Å². The van der Waals surface area contributed by atoms with Crippen LogP contribution in [0.4, 0.5) is 19.1 Å². The topological polar surface area (TPSA) is 65.9 Å². The molecule has 10 heteroatoms. The molecule has 0 amide bonds. The second-order valence-corrected chi connectivity index (χ2v) is 6.70. The van der Waals surface area contributed by atoms with Gasteiger partial charge in [-0.1, -0.05) is 18.2 Å². The summed E-state index contributed by atoms with van der Waals surface area (Å²) in [7, 11) is 0. The molecule has 7 nitrogen and oxygen atoms in total. The molecule has 0 unspecified atom stereocenters. The average Bonchev–Trinajstić information content (AvgIpc) is 2.76. The zero-order chi connectivity index (χ0) is 21.4. The standard InChI is InChI=1S/C20H25F3N6O/c1-2-24-18(28-10-12-29(13-11-28)19-25-8-5-9-26-19)27-14-16-6-3-4-7-17(16)30-15-20(21,22)23/h3-9H,2,10-15H2,1H3,(H,24,27). The number of alkyl halides is 3. The van der Waals surface area contributed by atoms with Crippen molar-refractivity contribution >= 4 is 11.9 Å². The highest BCUT2D eigenvalue weighted by Crippen LogP contribution is 2.23. The van der Waals surface area contributed by atoms with E-state index < -0.39 is 12.8 Å². The highest BCUT2D eigenvalue weighted by Gasteiger charge is 2.28. The molecule has 30 heavy (non-hydrogen) atoms. The van der Waals surface area contributed by atoms with Gasteiger partial charge in [0.15, 0.2) is 12.6 Å². The summed E-state index contributed by atoms with van der Waals surface area (Å²) in [5.74, 6) is 1.62. The first-order valence-electron chi connectivity index (χ1n) is 9.79. The number of rotatable bonds is 6. The third-order valence-electron chi connectivity index (χ3n) is 4.51. The average molecular weight is 422 g/mol. The zero-order valence-electron chi connectivity index (χ0n) is 16.8. The van der Waals surface area contributed by atoms with E-state index in [1.807, 2.05) is 6.92 Å². The molecule has 0 bridgehead atoms. The summed E-state index contributed by atoms with van der Waals surface area (Å²) in [5, 5.41) is 3.26. The highest BCUT2D eigenvalue weighted by molar-refractivity contribution is 5.80. The maximum absolute atomic E-state index is 12.5. The smallest absolute Gasteiger partial charge is 0.422 e. The van der Waals surface area contributed by atoms with Crippen LogP contribution in [0, 0.1) is 0 Å². The molecule has 1 fully saturated rings. The molecule has 162 valence electrons. The number of aliphatic imine (C=N–C) groups is 1. The van der Waals surface area contributed by atoms with Gasteiger partial charge in [0.25, 0.3) is 0 Å². The molecule has 0 atom stereocenters. The molecule has 0 radical (unpaired) electrons. The van der Waals surface area contributed by atoms with Crippen LogP contribution < -0.4 is 15.0 Å². The van der Waals surface area contributed by atoms with E-state index in [2.05, 4.69) is 30.1 Å². The Labute approximate surface area is 173 Å². The number of nitrogens with zero attached hydrogens (tertiary/aromatic N) is 5. The van der Waals surface area contributed by atoms with Crippen LogP contribution in [0.2, 0.25) is 0 Å². The number of aromatic nitrogens is 2. The van der Waals surface area contributed by atoms with Gasteiger partial charge in [-0.05, 0) is 19.1 Å². The summed E-state index contributed by atoms with van der Waals surface area (Å²) < 4.78 is 42.5. The first kappa shape index (κ1) is 21.7. The fourth-order valence-electron chi connectivity index (χ4n) is 3.09. The summed E-state index contributed by atoms with van der Waals surface area (Å²) in [6.07, 6.45) is -0.940. The molecule has 0 aliphatic carbocycles. The third-order valence-corrected chi connectivity index (χ3v) is 4.51. The lowest BCUT2D eigenvalue weighted by Crippen LogP contribution is -2.52. The van der Waals surface area contributed by atoms with Gasteiger partial charge in [-0.25, -0.2) is 15.0 Å². The molecule has 0 spiro atoms. The van der Waals surface area contributed by atoms with Crippen molar-refractivity contribution in [1.29, 1.82) is 0 Å². The molecular weight excluding hydrogens is 397 g/mol. The quantitative estimate of drug-likeness (QED) is 0.571. The minimum atomic E-state index is -4.38. The minimum absolute atomic E-state index is 0.195. The van der Waals surface area contributed by atoms with E-state index in [0.29, 0.717) is 18.1 Å². The Morgan fingerprint density at radius 2 is 1.80 bits per heavy atom. The van der Waals surface area contributed by atoms with Crippen molar-refractivity contribution < 1.29 is 17.9 Å². The summed E-state index contributed by atoms with van der Waals surface area (Å²) >= 11 is 0. The summed E-state index contributed by atoms with van der Waals surface area (Å²) in [4.78, 5) is 17.4. The van der Waals surface area contributed by atoms with Crippen molar-refractivity contribution in [3.8, 4) is 5.75 Å². The van der Waals surface area contributed by atoms with Crippen LogP contribution in [0.1, 0.15) is 12.5 Å². The van der Waals surface area contributed by atoms with Crippen molar-refractivity contribution in [2.45, 2.75) is 19.6 Å². The molecule has 1 aromatic carbocycles. The molecule has 1 aliphatic heterocycles. The largest absolute Gasteiger partial charge is 0.484 e. The number of anilines is 1. The van der Waals surface area contributed by atoms with Crippen LogP contribution in [0.3, 0.4) is 0 Å². The molecule has 2 heterocycles. The number of nitrogens with one attached hydrogen (secondary N) is 1. The Kier molecular flexibility index (Phi) is 7.31. The molecule has 1 saturated heterocycles. The maximum atomic E-state index is 12.5. The van der Waals surface area contributed by atoms with Crippen molar-refractivity contribution in [3.63, 3.8) is 0 Å². The first-order valence-corrected chi connectivity index (χ1v) is 9.79. The first-order chi connectivity index (χ1) is 14.5. The minimum Gasteiger partial charge on any atom is -0.484 e. The monoisotopic (exact) mass is 422 g/mol. The van der Waals surface area contributed by atoms with Crippen molar-refractivity contribution in [2.24, 2.45) is 4.99 Å². The molecule has 1 N–H and O–H groups in total. The second-order valence-electron chi connectivity index (χ2n) is 6.70. The summed E-state index contributed by atoms with van der Waals surface area (Å²) in [6, 6.07) is 8.45. The number of halogens is 3. The van der Waals surface area contributed by atoms with Crippen LogP contribution in [-0.2, 0) is 6.54 Å². The Morgan fingerprint density at radius 1 is 1.10 bits per heavy atom. The van der Waals surface area contributed by atoms with Crippen molar-refractivity contribution in [2.75, 3.05) is 44.2 Å². The SMILES string of the molecule is CCNC(=NCc1ccccc1OCC(F)(F)F)N1CCN(c2ncccn2)CC1. The van der Waals surface area contributed by atoms with E-state index >= 15 is 0 Å². The maximum Gasteiger partial charge on any atom is 0.422 e. The number of piperazine rings is 1. The van der Waals surface area contributed by atoms with Gasteiger partial charge in [0.05, 0.1) is 6.54 Å².